The number of hydrogen-bond donors (Lipinski definition) is 1. The lowest BCUT2D eigenvalue weighted by Gasteiger charge is -2.48. The van der Waals surface area contributed by atoms with Gasteiger partial charge in [0.1, 0.15) is 0 Å². The van der Waals surface area contributed by atoms with Gasteiger partial charge >= 0.3 is 5.97 Å². The Labute approximate surface area is 108 Å². The second kappa shape index (κ2) is 4.63. The van der Waals surface area contributed by atoms with Crippen molar-refractivity contribution < 1.29 is 9.90 Å². The van der Waals surface area contributed by atoms with Crippen LogP contribution in [0.15, 0.2) is 24.3 Å². The minimum Gasteiger partial charge on any atom is -0.481 e. The summed E-state index contributed by atoms with van der Waals surface area (Å²) in [6, 6.07) is 8.30. The summed E-state index contributed by atoms with van der Waals surface area (Å²) in [5, 5.41) is 9.37. The third kappa shape index (κ3) is 2.22. The van der Waals surface area contributed by atoms with Crippen molar-refractivity contribution in [2.24, 2.45) is 5.92 Å². The van der Waals surface area contributed by atoms with Gasteiger partial charge in [-0.3, -0.25) is 4.79 Å². The van der Waals surface area contributed by atoms with Crippen LogP contribution in [0, 0.1) is 12.8 Å². The van der Waals surface area contributed by atoms with E-state index in [0.29, 0.717) is 0 Å². The van der Waals surface area contributed by atoms with Crippen molar-refractivity contribution >= 4 is 11.7 Å². The molecule has 0 aliphatic carbocycles. The Hall–Kier alpha value is -1.51. The summed E-state index contributed by atoms with van der Waals surface area (Å²) >= 11 is 0. The number of piperidine rings is 1. The van der Waals surface area contributed by atoms with E-state index in [1.165, 1.54) is 5.56 Å². The molecule has 98 valence electrons. The van der Waals surface area contributed by atoms with Crippen LogP contribution in [0.2, 0.25) is 0 Å². The Bertz CT molecular complexity index is 454. The molecule has 1 heterocycles. The van der Waals surface area contributed by atoms with Crippen LogP contribution in [0.25, 0.3) is 0 Å². The Kier molecular flexibility index (Phi) is 3.33. The van der Waals surface area contributed by atoms with Gasteiger partial charge in [-0.2, -0.15) is 0 Å². The van der Waals surface area contributed by atoms with E-state index in [1.807, 2.05) is 19.9 Å². The van der Waals surface area contributed by atoms with Crippen molar-refractivity contribution in [1.82, 2.24) is 0 Å². The molecule has 18 heavy (non-hydrogen) atoms. The van der Waals surface area contributed by atoms with E-state index in [4.69, 9.17) is 0 Å². The highest BCUT2D eigenvalue weighted by atomic mass is 16.4. The third-order valence-corrected chi connectivity index (χ3v) is 4.03. The minimum atomic E-state index is -0.683. The van der Waals surface area contributed by atoms with Crippen molar-refractivity contribution in [1.29, 1.82) is 0 Å². The van der Waals surface area contributed by atoms with E-state index in [9.17, 15) is 9.90 Å². The van der Waals surface area contributed by atoms with E-state index in [1.54, 1.807) is 0 Å². The first-order valence-corrected chi connectivity index (χ1v) is 6.50. The van der Waals surface area contributed by atoms with Gasteiger partial charge in [0.25, 0.3) is 0 Å². The zero-order chi connectivity index (χ0) is 13.3. The highest BCUT2D eigenvalue weighted by molar-refractivity contribution is 5.73. The molecule has 0 spiro atoms. The maximum atomic E-state index is 11.4. The average molecular weight is 247 g/mol. The molecule has 1 N–H and O–H groups in total. The Balaban J connectivity index is 2.35. The molecule has 1 aromatic rings. The molecule has 0 radical (unpaired) electrons. The molecule has 1 unspecified atom stereocenters. The molecule has 1 aromatic carbocycles. The van der Waals surface area contributed by atoms with Gasteiger partial charge in [-0.15, -0.1) is 0 Å². The predicted molar refractivity (Wildman–Crippen MR) is 73.0 cm³/mol. The monoisotopic (exact) mass is 247 g/mol. The normalized spacial score (nSPS) is 22.8. The highest BCUT2D eigenvalue weighted by Crippen LogP contribution is 2.37. The molecular weight excluding hydrogens is 226 g/mol. The zero-order valence-electron chi connectivity index (χ0n) is 11.3. The van der Waals surface area contributed by atoms with Gasteiger partial charge in [0.15, 0.2) is 0 Å². The molecule has 1 saturated heterocycles. The van der Waals surface area contributed by atoms with Gasteiger partial charge in [0.05, 0.1) is 5.92 Å². The summed E-state index contributed by atoms with van der Waals surface area (Å²) < 4.78 is 0. The van der Waals surface area contributed by atoms with Crippen molar-refractivity contribution in [3.05, 3.63) is 29.8 Å². The molecule has 0 bridgehead atoms. The van der Waals surface area contributed by atoms with E-state index < -0.39 is 5.97 Å². The number of benzene rings is 1. The Morgan fingerprint density at radius 2 is 2.17 bits per heavy atom. The van der Waals surface area contributed by atoms with Crippen LogP contribution in [-0.4, -0.2) is 23.2 Å². The fourth-order valence-corrected chi connectivity index (χ4v) is 2.97. The number of aliphatic carboxylic acids is 1. The fourth-order valence-electron chi connectivity index (χ4n) is 2.97. The SMILES string of the molecule is Cc1cccc(N2CCCC(C(=O)O)C2(C)C)c1. The van der Waals surface area contributed by atoms with Gasteiger partial charge in [-0.1, -0.05) is 12.1 Å². The second-order valence-electron chi connectivity index (χ2n) is 5.68. The molecule has 3 nitrogen and oxygen atoms in total. The summed E-state index contributed by atoms with van der Waals surface area (Å²) in [4.78, 5) is 13.6. The lowest BCUT2D eigenvalue weighted by Crippen LogP contribution is -2.55. The molecular formula is C15H21NO2. The second-order valence-corrected chi connectivity index (χ2v) is 5.68. The van der Waals surface area contributed by atoms with E-state index in [2.05, 4.69) is 30.0 Å². The largest absolute Gasteiger partial charge is 0.481 e. The minimum absolute atomic E-state index is 0.299. The number of aryl methyl sites for hydroxylation is 1. The van der Waals surface area contributed by atoms with Crippen LogP contribution in [-0.2, 0) is 4.79 Å². The topological polar surface area (TPSA) is 40.5 Å². The van der Waals surface area contributed by atoms with Crippen LogP contribution in [0.1, 0.15) is 32.3 Å². The lowest BCUT2D eigenvalue weighted by molar-refractivity contribution is -0.144. The average Bonchev–Trinajstić information content (AvgIpc) is 2.27. The first kappa shape index (κ1) is 12.9. The van der Waals surface area contributed by atoms with E-state index in [-0.39, 0.29) is 11.5 Å². The Morgan fingerprint density at radius 3 is 2.78 bits per heavy atom. The van der Waals surface area contributed by atoms with Crippen LogP contribution in [0.4, 0.5) is 5.69 Å². The van der Waals surface area contributed by atoms with Crippen molar-refractivity contribution in [2.75, 3.05) is 11.4 Å². The number of carboxylic acids is 1. The lowest BCUT2D eigenvalue weighted by atomic mass is 9.78. The summed E-state index contributed by atoms with van der Waals surface area (Å²) in [6.07, 6.45) is 1.71. The molecule has 1 atom stereocenters. The number of nitrogens with zero attached hydrogens (tertiary/aromatic N) is 1. The van der Waals surface area contributed by atoms with Crippen LogP contribution >= 0.6 is 0 Å². The molecule has 0 amide bonds. The van der Waals surface area contributed by atoms with Crippen molar-refractivity contribution in [3.8, 4) is 0 Å². The summed E-state index contributed by atoms with van der Waals surface area (Å²) in [5.41, 5.74) is 2.00. The number of rotatable bonds is 2. The number of anilines is 1. The molecule has 1 fully saturated rings. The zero-order valence-corrected chi connectivity index (χ0v) is 11.3. The number of hydrogen-bond acceptors (Lipinski definition) is 2. The highest BCUT2D eigenvalue weighted by Gasteiger charge is 2.42. The molecule has 1 aliphatic rings. The molecule has 3 heteroatoms. The molecule has 1 aliphatic heterocycles. The summed E-state index contributed by atoms with van der Waals surface area (Å²) in [5.74, 6) is -0.982. The van der Waals surface area contributed by atoms with Crippen molar-refractivity contribution in [3.63, 3.8) is 0 Å². The van der Waals surface area contributed by atoms with Crippen molar-refractivity contribution in [2.45, 2.75) is 39.2 Å². The fraction of sp³-hybridized carbons (Fsp3) is 0.533. The van der Waals surface area contributed by atoms with Gasteiger partial charge in [-0.25, -0.2) is 0 Å². The van der Waals surface area contributed by atoms with Gasteiger partial charge in [-0.05, 0) is 51.3 Å². The number of carboxylic acid groups (broad SMARTS) is 1. The molecule has 0 saturated carbocycles. The molecule has 2 rings (SSSR count). The Morgan fingerprint density at radius 1 is 1.44 bits per heavy atom. The van der Waals surface area contributed by atoms with Crippen LogP contribution in [0.3, 0.4) is 0 Å². The summed E-state index contributed by atoms with van der Waals surface area (Å²) in [6.45, 7) is 7.07. The van der Waals surface area contributed by atoms with Crippen LogP contribution < -0.4 is 4.90 Å². The number of carbonyl (C=O) groups is 1. The first-order valence-electron chi connectivity index (χ1n) is 6.50. The van der Waals surface area contributed by atoms with Crippen LogP contribution in [0.5, 0.6) is 0 Å². The van der Waals surface area contributed by atoms with Gasteiger partial charge in [0, 0.05) is 17.8 Å². The first-order chi connectivity index (χ1) is 8.43. The summed E-state index contributed by atoms with van der Waals surface area (Å²) in [7, 11) is 0. The van der Waals surface area contributed by atoms with E-state index in [0.717, 1.165) is 25.1 Å². The third-order valence-electron chi connectivity index (χ3n) is 4.03. The van der Waals surface area contributed by atoms with E-state index >= 15 is 0 Å². The van der Waals surface area contributed by atoms with Gasteiger partial charge in [0.2, 0.25) is 0 Å². The standard InChI is InChI=1S/C15H21NO2/c1-11-6-4-7-12(10-11)16-9-5-8-13(14(17)18)15(16,2)3/h4,6-7,10,13H,5,8-9H2,1-3H3,(H,17,18). The van der Waals surface area contributed by atoms with Gasteiger partial charge < -0.3 is 10.0 Å². The smallest absolute Gasteiger partial charge is 0.308 e. The maximum absolute atomic E-state index is 11.4. The predicted octanol–water partition coefficient (Wildman–Crippen LogP) is 3.07. The molecule has 0 aromatic heterocycles. The quantitative estimate of drug-likeness (QED) is 0.873. The maximum Gasteiger partial charge on any atom is 0.308 e.